The first-order chi connectivity index (χ1) is 14.3. The molecule has 0 aliphatic carbocycles. The van der Waals surface area contributed by atoms with Crippen LogP contribution in [0.15, 0.2) is 96.7 Å². The van der Waals surface area contributed by atoms with E-state index in [1.54, 1.807) is 0 Å². The Morgan fingerprint density at radius 1 is 0.700 bits per heavy atom. The summed E-state index contributed by atoms with van der Waals surface area (Å²) in [6.45, 7) is 0. The molecular weight excluding hydrogens is 364 g/mol. The minimum Gasteiger partial charge on any atom is -0.298 e. The molecule has 0 fully saturated rings. The maximum absolute atomic E-state index is 2.43. The molecule has 1 heterocycles. The van der Waals surface area contributed by atoms with Crippen molar-refractivity contribution in [2.75, 3.05) is 35.2 Å². The summed E-state index contributed by atoms with van der Waals surface area (Å²) >= 11 is 0. The van der Waals surface area contributed by atoms with Gasteiger partial charge in [-0.05, 0) is 41.5 Å². The fourth-order valence-corrected chi connectivity index (χ4v) is 4.22. The van der Waals surface area contributed by atoms with E-state index in [1.165, 1.54) is 33.8 Å². The Balaban J connectivity index is 1.81. The number of rotatable bonds is 4. The lowest BCUT2D eigenvalue weighted by atomic mass is 9.89. The van der Waals surface area contributed by atoms with E-state index in [1.807, 2.05) is 0 Å². The molecule has 1 aliphatic rings. The summed E-state index contributed by atoms with van der Waals surface area (Å²) in [4.78, 5) is 0. The van der Waals surface area contributed by atoms with Gasteiger partial charge in [0.25, 0.3) is 0 Å². The molecule has 3 aromatic carbocycles. The Kier molecular flexibility index (Phi) is 5.23. The van der Waals surface area contributed by atoms with Crippen LogP contribution in [0.2, 0.25) is 0 Å². The largest absolute Gasteiger partial charge is 0.298 e. The van der Waals surface area contributed by atoms with E-state index in [4.69, 9.17) is 0 Å². The van der Waals surface area contributed by atoms with Gasteiger partial charge in [0.1, 0.15) is 17.1 Å². The van der Waals surface area contributed by atoms with Crippen molar-refractivity contribution in [2.45, 2.75) is 5.92 Å². The van der Waals surface area contributed by atoms with Crippen LogP contribution in [-0.2, 0) is 0 Å². The summed E-state index contributed by atoms with van der Waals surface area (Å²) in [5.41, 5.74) is 7.87. The molecule has 4 rings (SSSR count). The van der Waals surface area contributed by atoms with Gasteiger partial charge in [-0.25, -0.2) is 0 Å². The second-order valence-corrected chi connectivity index (χ2v) is 9.43. The topological polar surface area (TPSA) is 0 Å². The van der Waals surface area contributed by atoms with Crippen molar-refractivity contribution in [3.63, 3.8) is 0 Å². The Labute approximate surface area is 181 Å². The van der Waals surface area contributed by atoms with Crippen LogP contribution < -0.4 is 8.97 Å². The van der Waals surface area contributed by atoms with E-state index >= 15 is 0 Å². The third-order valence-corrected chi connectivity index (χ3v) is 6.14. The highest BCUT2D eigenvalue weighted by Gasteiger charge is 2.30. The van der Waals surface area contributed by atoms with Gasteiger partial charge < -0.3 is 0 Å². The molecule has 30 heavy (non-hydrogen) atoms. The predicted octanol–water partition coefficient (Wildman–Crippen LogP) is 6.19. The molecule has 0 unspecified atom stereocenters. The van der Waals surface area contributed by atoms with Gasteiger partial charge in [0.2, 0.25) is 0 Å². The van der Waals surface area contributed by atoms with Gasteiger partial charge in [-0.3, -0.25) is 8.97 Å². The third kappa shape index (κ3) is 3.89. The second-order valence-electron chi connectivity index (χ2n) is 9.43. The van der Waals surface area contributed by atoms with Gasteiger partial charge in [0, 0.05) is 23.6 Å². The SMILES string of the molecule is C[N+](C)(C)c1ccc([C@@H](C=C2C=Cc3ccccc3[N+]2(C)C)c2ccccc2)cc1. The van der Waals surface area contributed by atoms with Crippen LogP contribution in [0.4, 0.5) is 11.4 Å². The maximum Gasteiger partial charge on any atom is 0.144 e. The lowest BCUT2D eigenvalue weighted by Gasteiger charge is -2.34. The molecule has 0 radical (unpaired) electrons. The van der Waals surface area contributed by atoms with Crippen molar-refractivity contribution in [2.24, 2.45) is 0 Å². The van der Waals surface area contributed by atoms with Crippen molar-refractivity contribution in [3.05, 3.63) is 113 Å². The molecule has 0 aromatic heterocycles. The first kappa shape index (κ1) is 20.3. The zero-order valence-corrected chi connectivity index (χ0v) is 18.7. The number of hydrogen-bond acceptors (Lipinski definition) is 0. The lowest BCUT2D eigenvalue weighted by Crippen LogP contribution is -2.40. The van der Waals surface area contributed by atoms with Crippen molar-refractivity contribution < 1.29 is 0 Å². The van der Waals surface area contributed by atoms with Gasteiger partial charge in [-0.15, -0.1) is 0 Å². The summed E-state index contributed by atoms with van der Waals surface area (Å²) in [6.07, 6.45) is 6.95. The van der Waals surface area contributed by atoms with Crippen LogP contribution >= 0.6 is 0 Å². The number of benzene rings is 3. The lowest BCUT2D eigenvalue weighted by molar-refractivity contribution is 0.486. The van der Waals surface area contributed by atoms with Gasteiger partial charge in [0.15, 0.2) is 0 Å². The van der Waals surface area contributed by atoms with Gasteiger partial charge in [-0.2, -0.15) is 0 Å². The van der Waals surface area contributed by atoms with Gasteiger partial charge >= 0.3 is 0 Å². The molecule has 0 saturated heterocycles. The average molecular weight is 397 g/mol. The number of fused-ring (bicyclic) bond motifs is 1. The second kappa shape index (κ2) is 7.71. The molecule has 2 nitrogen and oxygen atoms in total. The molecule has 0 saturated carbocycles. The fourth-order valence-electron chi connectivity index (χ4n) is 4.22. The molecule has 1 aliphatic heterocycles. The first-order valence-corrected chi connectivity index (χ1v) is 10.6. The highest BCUT2D eigenvalue weighted by atomic mass is 15.3. The molecule has 0 bridgehead atoms. The normalized spacial score (nSPS) is 17.6. The average Bonchev–Trinajstić information content (AvgIpc) is 2.73. The van der Waals surface area contributed by atoms with Crippen LogP contribution in [0.25, 0.3) is 6.08 Å². The fraction of sp³-hybridized carbons (Fsp3) is 0.214. The molecule has 3 aromatic rings. The molecule has 2 heteroatoms. The van der Waals surface area contributed by atoms with Crippen molar-refractivity contribution in [1.82, 2.24) is 8.97 Å². The summed E-state index contributed by atoms with van der Waals surface area (Å²) in [6, 6.07) is 28.6. The molecule has 0 amide bonds. The predicted molar refractivity (Wildman–Crippen MR) is 131 cm³/mol. The van der Waals surface area contributed by atoms with E-state index in [-0.39, 0.29) is 5.92 Å². The van der Waals surface area contributed by atoms with Crippen LogP contribution in [0.3, 0.4) is 0 Å². The van der Waals surface area contributed by atoms with Crippen molar-refractivity contribution in [3.8, 4) is 0 Å². The van der Waals surface area contributed by atoms with E-state index in [0.717, 1.165) is 8.97 Å². The molecular formula is C28H32N2+2. The standard InChI is InChI=1S/C28H32N2/c1-29(2,3)25-18-15-23(16-19-25)27(22-11-7-6-8-12-22)21-26-20-17-24-13-9-10-14-28(24)30(26,4)5/h6-21,27H,1-5H3/q+2/t27-/m0/s1. The quantitative estimate of drug-likeness (QED) is 0.461. The van der Waals surface area contributed by atoms with Crippen LogP contribution in [-0.4, -0.2) is 35.2 Å². The number of allylic oxidation sites excluding steroid dienone is 2. The summed E-state index contributed by atoms with van der Waals surface area (Å²) < 4.78 is 1.56. The first-order valence-electron chi connectivity index (χ1n) is 10.6. The Hall–Kier alpha value is -2.94. The summed E-state index contributed by atoms with van der Waals surface area (Å²) in [7, 11) is 11.2. The van der Waals surface area contributed by atoms with Gasteiger partial charge in [-0.1, -0.05) is 54.6 Å². The molecule has 152 valence electrons. The smallest absolute Gasteiger partial charge is 0.144 e. The Morgan fingerprint density at radius 2 is 1.30 bits per heavy atom. The number of para-hydroxylation sites is 1. The maximum atomic E-state index is 2.43. The number of likely N-dealkylation sites (N-methyl/N-ethyl adjacent to an activating group) is 1. The molecule has 0 N–H and O–H groups in total. The Morgan fingerprint density at radius 3 is 1.97 bits per heavy atom. The van der Waals surface area contributed by atoms with E-state index < -0.39 is 0 Å². The Bertz CT molecular complexity index is 1080. The zero-order chi connectivity index (χ0) is 21.4. The molecule has 0 spiro atoms. The van der Waals surface area contributed by atoms with Crippen molar-refractivity contribution in [1.29, 1.82) is 0 Å². The van der Waals surface area contributed by atoms with Crippen LogP contribution in [0.5, 0.6) is 0 Å². The van der Waals surface area contributed by atoms with E-state index in [2.05, 4.69) is 132 Å². The summed E-state index contributed by atoms with van der Waals surface area (Å²) in [5, 5.41) is 0. The minimum atomic E-state index is 0.204. The van der Waals surface area contributed by atoms with Gasteiger partial charge in [0.05, 0.1) is 35.2 Å². The highest BCUT2D eigenvalue weighted by molar-refractivity contribution is 5.73. The third-order valence-electron chi connectivity index (χ3n) is 6.14. The van der Waals surface area contributed by atoms with E-state index in [0.29, 0.717) is 0 Å². The number of nitrogens with zero attached hydrogens (tertiary/aromatic N) is 2. The van der Waals surface area contributed by atoms with Crippen LogP contribution in [0, 0.1) is 0 Å². The number of hydrogen-bond donors (Lipinski definition) is 0. The van der Waals surface area contributed by atoms with Crippen LogP contribution in [0.1, 0.15) is 22.6 Å². The molecule has 1 atom stereocenters. The zero-order valence-electron chi connectivity index (χ0n) is 18.7. The monoisotopic (exact) mass is 396 g/mol. The summed E-state index contributed by atoms with van der Waals surface area (Å²) in [5.74, 6) is 0.204. The highest BCUT2D eigenvalue weighted by Crippen LogP contribution is 2.37. The number of quaternary nitrogens is 2. The van der Waals surface area contributed by atoms with Crippen molar-refractivity contribution >= 4 is 17.5 Å². The van der Waals surface area contributed by atoms with E-state index in [9.17, 15) is 0 Å². The minimum absolute atomic E-state index is 0.204.